The summed E-state index contributed by atoms with van der Waals surface area (Å²) < 4.78 is 24.1. The van der Waals surface area contributed by atoms with Gasteiger partial charge in [-0.2, -0.15) is 0 Å². The average molecular weight is 259 g/mol. The number of sulfone groups is 1. The first-order valence-electron chi connectivity index (χ1n) is 5.76. The Morgan fingerprint density at radius 1 is 1.47 bits per heavy atom. The van der Waals surface area contributed by atoms with Crippen LogP contribution < -0.4 is 5.32 Å². The quantitative estimate of drug-likeness (QED) is 0.782. The van der Waals surface area contributed by atoms with Gasteiger partial charge < -0.3 is 9.88 Å². The van der Waals surface area contributed by atoms with E-state index in [1.165, 1.54) is 6.26 Å². The van der Waals surface area contributed by atoms with E-state index in [1.807, 2.05) is 4.57 Å². The van der Waals surface area contributed by atoms with Crippen molar-refractivity contribution in [2.45, 2.75) is 26.9 Å². The molecular formula is C11H21N3O2S. The van der Waals surface area contributed by atoms with Gasteiger partial charge in [0.05, 0.1) is 17.8 Å². The van der Waals surface area contributed by atoms with Gasteiger partial charge in [-0.25, -0.2) is 13.4 Å². The molecule has 0 spiro atoms. The van der Waals surface area contributed by atoms with Crippen LogP contribution in [0.5, 0.6) is 0 Å². The maximum absolute atomic E-state index is 11.1. The van der Waals surface area contributed by atoms with Crippen molar-refractivity contribution in [2.24, 2.45) is 5.92 Å². The summed E-state index contributed by atoms with van der Waals surface area (Å²) in [5.74, 6) is 0.753. The molecule has 0 fully saturated rings. The summed E-state index contributed by atoms with van der Waals surface area (Å²) in [6.07, 6.45) is 4.70. The highest BCUT2D eigenvalue weighted by atomic mass is 32.2. The molecule has 0 saturated heterocycles. The standard InChI is InChI=1S/C11H21N3O2S/c1-10(2)6-12-7-11-8-13-9-14(11)4-5-17(3,15)16/h8-10,12H,4-7H2,1-3H3. The predicted molar refractivity (Wildman–Crippen MR) is 68.5 cm³/mol. The fourth-order valence-corrected chi connectivity index (χ4v) is 1.98. The summed E-state index contributed by atoms with van der Waals surface area (Å²) in [6, 6.07) is 0. The third kappa shape index (κ3) is 5.83. The molecule has 17 heavy (non-hydrogen) atoms. The van der Waals surface area contributed by atoms with Crippen LogP contribution in [0.2, 0.25) is 0 Å². The lowest BCUT2D eigenvalue weighted by Crippen LogP contribution is -2.21. The molecule has 0 unspecified atom stereocenters. The van der Waals surface area contributed by atoms with Crippen LogP contribution in [-0.2, 0) is 22.9 Å². The maximum atomic E-state index is 11.1. The van der Waals surface area contributed by atoms with Crippen molar-refractivity contribution in [3.63, 3.8) is 0 Å². The number of aromatic nitrogens is 2. The molecule has 1 aromatic heterocycles. The van der Waals surface area contributed by atoms with Crippen molar-refractivity contribution in [3.8, 4) is 0 Å². The largest absolute Gasteiger partial charge is 0.332 e. The normalized spacial score (nSPS) is 12.2. The molecule has 0 aromatic carbocycles. The van der Waals surface area contributed by atoms with E-state index < -0.39 is 9.84 Å². The topological polar surface area (TPSA) is 64.0 Å². The molecule has 98 valence electrons. The molecule has 0 saturated carbocycles. The number of imidazole rings is 1. The van der Waals surface area contributed by atoms with Gasteiger partial charge in [0.15, 0.2) is 0 Å². The molecule has 0 atom stereocenters. The van der Waals surface area contributed by atoms with Crippen molar-refractivity contribution < 1.29 is 8.42 Å². The van der Waals surface area contributed by atoms with E-state index >= 15 is 0 Å². The Bertz CT molecular complexity index is 437. The van der Waals surface area contributed by atoms with E-state index in [9.17, 15) is 8.42 Å². The second-order valence-electron chi connectivity index (χ2n) is 4.73. The van der Waals surface area contributed by atoms with Crippen molar-refractivity contribution in [2.75, 3.05) is 18.6 Å². The molecule has 0 aliphatic rings. The van der Waals surface area contributed by atoms with E-state index in [0.717, 1.165) is 18.8 Å². The number of rotatable bonds is 7. The van der Waals surface area contributed by atoms with Gasteiger partial charge in [0, 0.05) is 25.5 Å². The highest BCUT2D eigenvalue weighted by Crippen LogP contribution is 2.00. The zero-order valence-corrected chi connectivity index (χ0v) is 11.5. The third-order valence-corrected chi connectivity index (χ3v) is 3.28. The van der Waals surface area contributed by atoms with Crippen molar-refractivity contribution in [1.82, 2.24) is 14.9 Å². The molecule has 1 aromatic rings. The second kappa shape index (κ2) is 6.16. The van der Waals surface area contributed by atoms with Crippen molar-refractivity contribution >= 4 is 9.84 Å². The monoisotopic (exact) mass is 259 g/mol. The lowest BCUT2D eigenvalue weighted by atomic mass is 10.2. The lowest BCUT2D eigenvalue weighted by molar-refractivity contribution is 0.536. The van der Waals surface area contributed by atoms with Gasteiger partial charge in [0.25, 0.3) is 0 Å². The molecule has 6 heteroatoms. The highest BCUT2D eigenvalue weighted by molar-refractivity contribution is 7.90. The van der Waals surface area contributed by atoms with Crippen LogP contribution in [0.15, 0.2) is 12.5 Å². The van der Waals surface area contributed by atoms with Crippen LogP contribution in [0.4, 0.5) is 0 Å². The van der Waals surface area contributed by atoms with E-state index in [0.29, 0.717) is 12.5 Å². The van der Waals surface area contributed by atoms with Crippen LogP contribution in [0.25, 0.3) is 0 Å². The minimum atomic E-state index is -2.92. The Kier molecular flexibility index (Phi) is 5.14. The summed E-state index contributed by atoms with van der Waals surface area (Å²) in [4.78, 5) is 4.05. The summed E-state index contributed by atoms with van der Waals surface area (Å²) in [6.45, 7) is 6.43. The van der Waals surface area contributed by atoms with E-state index in [1.54, 1.807) is 12.5 Å². The molecule has 0 amide bonds. The number of hydrogen-bond donors (Lipinski definition) is 1. The van der Waals surface area contributed by atoms with Crippen molar-refractivity contribution in [3.05, 3.63) is 18.2 Å². The first kappa shape index (κ1) is 14.2. The first-order valence-corrected chi connectivity index (χ1v) is 7.82. The molecule has 0 radical (unpaired) electrons. The summed E-state index contributed by atoms with van der Waals surface area (Å²) in [5, 5.41) is 3.31. The maximum Gasteiger partial charge on any atom is 0.149 e. The fraction of sp³-hybridized carbons (Fsp3) is 0.727. The van der Waals surface area contributed by atoms with E-state index in [-0.39, 0.29) is 5.75 Å². The number of hydrogen-bond acceptors (Lipinski definition) is 4. The Balaban J connectivity index is 2.48. The van der Waals surface area contributed by atoms with Gasteiger partial charge in [-0.05, 0) is 12.5 Å². The van der Waals surface area contributed by atoms with Crippen LogP contribution >= 0.6 is 0 Å². The van der Waals surface area contributed by atoms with Crippen LogP contribution in [0.1, 0.15) is 19.5 Å². The molecule has 0 aliphatic carbocycles. The minimum absolute atomic E-state index is 0.153. The van der Waals surface area contributed by atoms with Crippen LogP contribution in [0.3, 0.4) is 0 Å². The number of nitrogens with one attached hydrogen (secondary N) is 1. The van der Waals surface area contributed by atoms with Gasteiger partial charge in [-0.3, -0.25) is 0 Å². The first-order chi connectivity index (χ1) is 7.88. The summed E-state index contributed by atoms with van der Waals surface area (Å²) in [7, 11) is -2.92. The minimum Gasteiger partial charge on any atom is -0.332 e. The second-order valence-corrected chi connectivity index (χ2v) is 6.99. The SMILES string of the molecule is CC(C)CNCc1cncn1CCS(C)(=O)=O. The number of nitrogens with zero attached hydrogens (tertiary/aromatic N) is 2. The smallest absolute Gasteiger partial charge is 0.149 e. The van der Waals surface area contributed by atoms with Crippen LogP contribution in [0, 0.1) is 5.92 Å². The van der Waals surface area contributed by atoms with Gasteiger partial charge in [-0.1, -0.05) is 13.8 Å². The highest BCUT2D eigenvalue weighted by Gasteiger charge is 2.06. The van der Waals surface area contributed by atoms with Gasteiger partial charge in [0.2, 0.25) is 0 Å². The Labute approximate surface area is 103 Å². The molecule has 1 heterocycles. The summed E-state index contributed by atoms with van der Waals surface area (Å²) >= 11 is 0. The average Bonchev–Trinajstić information content (AvgIpc) is 2.61. The van der Waals surface area contributed by atoms with Crippen molar-refractivity contribution in [1.29, 1.82) is 0 Å². The fourth-order valence-electron chi connectivity index (χ4n) is 1.45. The lowest BCUT2D eigenvalue weighted by Gasteiger charge is -2.10. The van der Waals surface area contributed by atoms with Gasteiger partial charge in [-0.15, -0.1) is 0 Å². The molecule has 0 bridgehead atoms. The third-order valence-electron chi connectivity index (χ3n) is 2.36. The Morgan fingerprint density at radius 2 is 2.18 bits per heavy atom. The van der Waals surface area contributed by atoms with Crippen LogP contribution in [-0.4, -0.2) is 36.5 Å². The molecule has 1 rings (SSSR count). The molecule has 0 aliphatic heterocycles. The zero-order chi connectivity index (χ0) is 12.9. The summed E-state index contributed by atoms with van der Waals surface area (Å²) in [5.41, 5.74) is 1.02. The molecule has 1 N–H and O–H groups in total. The van der Waals surface area contributed by atoms with Gasteiger partial charge in [0.1, 0.15) is 9.84 Å². The number of aryl methyl sites for hydroxylation is 1. The molecule has 5 nitrogen and oxygen atoms in total. The van der Waals surface area contributed by atoms with E-state index in [4.69, 9.17) is 0 Å². The Morgan fingerprint density at radius 3 is 2.76 bits per heavy atom. The van der Waals surface area contributed by atoms with E-state index in [2.05, 4.69) is 24.1 Å². The zero-order valence-electron chi connectivity index (χ0n) is 10.7. The Hall–Kier alpha value is -0.880. The van der Waals surface area contributed by atoms with Gasteiger partial charge >= 0.3 is 0 Å². The predicted octanol–water partition coefficient (Wildman–Crippen LogP) is 0.673. The molecular weight excluding hydrogens is 238 g/mol.